The Kier molecular flexibility index (Phi) is 5.35. The summed E-state index contributed by atoms with van der Waals surface area (Å²) in [4.78, 5) is 29.4. The van der Waals surface area contributed by atoms with Gasteiger partial charge in [-0.15, -0.1) is 11.8 Å². The van der Waals surface area contributed by atoms with E-state index in [0.717, 1.165) is 15.1 Å². The van der Waals surface area contributed by atoms with Gasteiger partial charge in [-0.2, -0.15) is 0 Å². The third kappa shape index (κ3) is 4.00. The van der Waals surface area contributed by atoms with Crippen molar-refractivity contribution in [1.82, 2.24) is 4.98 Å². The number of rotatable bonds is 5. The lowest BCUT2D eigenvalue weighted by molar-refractivity contribution is -0.139. The Balaban J connectivity index is 1.81. The maximum Gasteiger partial charge on any atom is 0.318 e. The molecule has 5 nitrogen and oxygen atoms in total. The maximum absolute atomic E-state index is 12.7. The number of anilines is 1. The van der Waals surface area contributed by atoms with Crippen molar-refractivity contribution in [3.05, 3.63) is 54.1 Å². The molecule has 0 aliphatic heterocycles. The van der Waals surface area contributed by atoms with Crippen molar-refractivity contribution >= 4 is 50.3 Å². The third-order valence-electron chi connectivity index (χ3n) is 3.48. The molecule has 0 aliphatic rings. The zero-order valence-electron chi connectivity index (χ0n) is 13.7. The number of carbonyl (C=O) groups is 2. The van der Waals surface area contributed by atoms with Crippen LogP contribution in [-0.2, 0) is 9.53 Å². The van der Waals surface area contributed by atoms with Crippen molar-refractivity contribution in [1.29, 1.82) is 0 Å². The average Bonchev–Trinajstić information content (AvgIpc) is 3.03. The number of methoxy groups -OCH3 is 1. The lowest BCUT2D eigenvalue weighted by Crippen LogP contribution is -2.17. The first-order chi connectivity index (χ1) is 12.1. The van der Waals surface area contributed by atoms with E-state index in [1.165, 1.54) is 30.2 Å². The summed E-state index contributed by atoms with van der Waals surface area (Å²) in [5, 5.41) is 2.99. The van der Waals surface area contributed by atoms with Gasteiger partial charge in [-0.25, -0.2) is 4.98 Å². The normalized spacial score (nSPS) is 11.9. The molecule has 0 bridgehead atoms. The average molecular weight is 372 g/mol. The summed E-state index contributed by atoms with van der Waals surface area (Å²) < 4.78 is 5.76. The minimum absolute atomic E-state index is 0.251. The van der Waals surface area contributed by atoms with Gasteiger partial charge in [0, 0.05) is 4.90 Å². The molecule has 1 atom stereocenters. The highest BCUT2D eigenvalue weighted by molar-refractivity contribution is 8.00. The molecule has 0 saturated carbocycles. The van der Waals surface area contributed by atoms with Crippen LogP contribution >= 0.6 is 23.1 Å². The minimum Gasteiger partial charge on any atom is -0.468 e. The van der Waals surface area contributed by atoms with Gasteiger partial charge < -0.3 is 4.74 Å². The SMILES string of the molecule is COC(=O)C(C)Sc1ccccc1C(=O)Nc1nc2ccccc2s1. The fraction of sp³-hybridized carbons (Fsp3) is 0.167. The van der Waals surface area contributed by atoms with Crippen LogP contribution in [0.25, 0.3) is 10.2 Å². The third-order valence-corrected chi connectivity index (χ3v) is 5.59. The second kappa shape index (κ2) is 7.67. The first kappa shape index (κ1) is 17.4. The zero-order valence-corrected chi connectivity index (χ0v) is 15.3. The van der Waals surface area contributed by atoms with Crippen molar-refractivity contribution in [2.75, 3.05) is 12.4 Å². The van der Waals surface area contributed by atoms with E-state index in [9.17, 15) is 9.59 Å². The number of benzene rings is 2. The monoisotopic (exact) mass is 372 g/mol. The van der Waals surface area contributed by atoms with Gasteiger partial charge in [0.15, 0.2) is 5.13 Å². The topological polar surface area (TPSA) is 68.3 Å². The summed E-state index contributed by atoms with van der Waals surface area (Å²) in [6.07, 6.45) is 0. The van der Waals surface area contributed by atoms with Gasteiger partial charge in [0.1, 0.15) is 5.25 Å². The van der Waals surface area contributed by atoms with Crippen molar-refractivity contribution < 1.29 is 14.3 Å². The molecular weight excluding hydrogens is 356 g/mol. The van der Waals surface area contributed by atoms with Gasteiger partial charge in [-0.1, -0.05) is 35.6 Å². The van der Waals surface area contributed by atoms with E-state index in [4.69, 9.17) is 4.74 Å². The Labute approximate surface area is 153 Å². The van der Waals surface area contributed by atoms with Crippen LogP contribution in [0.15, 0.2) is 53.4 Å². The Morgan fingerprint density at radius 3 is 2.64 bits per heavy atom. The number of amides is 1. The zero-order chi connectivity index (χ0) is 17.8. The Bertz CT molecular complexity index is 890. The van der Waals surface area contributed by atoms with E-state index in [1.54, 1.807) is 19.1 Å². The second-order valence-electron chi connectivity index (χ2n) is 5.22. The molecule has 0 aliphatic carbocycles. The molecule has 1 aromatic heterocycles. The van der Waals surface area contributed by atoms with Crippen molar-refractivity contribution in [2.45, 2.75) is 17.1 Å². The Hall–Kier alpha value is -2.38. The summed E-state index contributed by atoms with van der Waals surface area (Å²) in [5.74, 6) is -0.578. The van der Waals surface area contributed by atoms with Gasteiger partial charge in [0.2, 0.25) is 0 Å². The van der Waals surface area contributed by atoms with Crippen LogP contribution in [0.2, 0.25) is 0 Å². The largest absolute Gasteiger partial charge is 0.468 e. The number of para-hydroxylation sites is 1. The number of esters is 1. The molecule has 2 aromatic carbocycles. The Morgan fingerprint density at radius 2 is 1.88 bits per heavy atom. The highest BCUT2D eigenvalue weighted by Crippen LogP contribution is 2.29. The molecule has 7 heteroatoms. The molecule has 0 fully saturated rings. The van der Waals surface area contributed by atoms with Crippen LogP contribution in [0, 0.1) is 0 Å². The summed E-state index contributed by atoms with van der Waals surface area (Å²) >= 11 is 2.72. The fourth-order valence-electron chi connectivity index (χ4n) is 2.25. The minimum atomic E-state index is -0.401. The lowest BCUT2D eigenvalue weighted by atomic mass is 10.2. The van der Waals surface area contributed by atoms with Gasteiger partial charge in [0.05, 0.1) is 22.9 Å². The van der Waals surface area contributed by atoms with Crippen molar-refractivity contribution in [3.8, 4) is 0 Å². The number of hydrogen-bond acceptors (Lipinski definition) is 6. The molecule has 25 heavy (non-hydrogen) atoms. The van der Waals surface area contributed by atoms with Crippen LogP contribution < -0.4 is 5.32 Å². The number of thioether (sulfide) groups is 1. The molecule has 0 saturated heterocycles. The molecule has 0 radical (unpaired) electrons. The molecule has 1 amide bonds. The second-order valence-corrected chi connectivity index (χ2v) is 7.63. The molecule has 0 spiro atoms. The van der Waals surface area contributed by atoms with E-state index in [-0.39, 0.29) is 11.9 Å². The number of fused-ring (bicyclic) bond motifs is 1. The van der Waals surface area contributed by atoms with Crippen LogP contribution in [0.3, 0.4) is 0 Å². The summed E-state index contributed by atoms with van der Waals surface area (Å²) in [5.41, 5.74) is 1.35. The Morgan fingerprint density at radius 1 is 1.16 bits per heavy atom. The summed E-state index contributed by atoms with van der Waals surface area (Å²) in [6.45, 7) is 1.75. The number of carbonyl (C=O) groups excluding carboxylic acids is 2. The number of thiazole rings is 1. The van der Waals surface area contributed by atoms with Crippen LogP contribution in [0.1, 0.15) is 17.3 Å². The number of hydrogen-bond donors (Lipinski definition) is 1. The number of nitrogens with zero attached hydrogens (tertiary/aromatic N) is 1. The highest BCUT2D eigenvalue weighted by atomic mass is 32.2. The summed E-state index contributed by atoms with van der Waals surface area (Å²) in [7, 11) is 1.35. The number of aromatic nitrogens is 1. The molecule has 1 heterocycles. The molecule has 128 valence electrons. The van der Waals surface area contributed by atoms with Crippen LogP contribution in [-0.4, -0.2) is 29.2 Å². The van der Waals surface area contributed by atoms with Gasteiger partial charge in [-0.3, -0.25) is 14.9 Å². The molecule has 3 rings (SSSR count). The van der Waals surface area contributed by atoms with Gasteiger partial charge >= 0.3 is 5.97 Å². The lowest BCUT2D eigenvalue weighted by Gasteiger charge is -2.12. The summed E-state index contributed by atoms with van der Waals surface area (Å²) in [6, 6.07) is 14.9. The highest BCUT2D eigenvalue weighted by Gasteiger charge is 2.19. The van der Waals surface area contributed by atoms with E-state index < -0.39 is 5.25 Å². The van der Waals surface area contributed by atoms with Crippen LogP contribution in [0.5, 0.6) is 0 Å². The predicted octanol–water partition coefficient (Wildman–Crippen LogP) is 4.20. The van der Waals surface area contributed by atoms with E-state index >= 15 is 0 Å². The van der Waals surface area contributed by atoms with E-state index in [2.05, 4.69) is 10.3 Å². The molecule has 3 aromatic rings. The van der Waals surface area contributed by atoms with Crippen molar-refractivity contribution in [3.63, 3.8) is 0 Å². The van der Waals surface area contributed by atoms with E-state index in [1.807, 2.05) is 36.4 Å². The number of nitrogens with one attached hydrogen (secondary N) is 1. The smallest absolute Gasteiger partial charge is 0.318 e. The van der Waals surface area contributed by atoms with Crippen LogP contribution in [0.4, 0.5) is 5.13 Å². The first-order valence-electron chi connectivity index (χ1n) is 7.59. The molecular formula is C18H16N2O3S2. The fourth-order valence-corrected chi connectivity index (χ4v) is 4.13. The maximum atomic E-state index is 12.7. The van der Waals surface area contributed by atoms with Gasteiger partial charge in [0.25, 0.3) is 5.91 Å². The molecule has 1 N–H and O–H groups in total. The van der Waals surface area contributed by atoms with Crippen molar-refractivity contribution in [2.24, 2.45) is 0 Å². The van der Waals surface area contributed by atoms with E-state index in [0.29, 0.717) is 10.7 Å². The predicted molar refractivity (Wildman–Crippen MR) is 101 cm³/mol. The number of ether oxygens (including phenoxy) is 1. The quantitative estimate of drug-likeness (QED) is 0.537. The van der Waals surface area contributed by atoms with Gasteiger partial charge in [-0.05, 0) is 31.2 Å². The first-order valence-corrected chi connectivity index (χ1v) is 9.28. The standard InChI is InChI=1S/C18H16N2O3S2/c1-11(17(22)23-2)24-14-9-5-3-7-12(14)16(21)20-18-19-13-8-4-6-10-15(13)25-18/h3-11H,1-2H3,(H,19,20,21). The molecule has 1 unspecified atom stereocenters.